The van der Waals surface area contributed by atoms with Crippen LogP contribution >= 0.6 is 11.6 Å². The van der Waals surface area contributed by atoms with E-state index in [-0.39, 0.29) is 0 Å². The summed E-state index contributed by atoms with van der Waals surface area (Å²) >= 11 is 6.20. The molecule has 17 heavy (non-hydrogen) atoms. The smallest absolute Gasteiger partial charge is 0.0484 e. The molecule has 0 unspecified atom stereocenters. The molecule has 0 aliphatic heterocycles. The molecule has 0 N–H and O–H groups in total. The Balaban J connectivity index is 2.19. The van der Waals surface area contributed by atoms with E-state index < -0.39 is 0 Å². The van der Waals surface area contributed by atoms with Crippen molar-refractivity contribution in [3.63, 3.8) is 0 Å². The van der Waals surface area contributed by atoms with Crippen LogP contribution in [0.4, 0.5) is 0 Å². The van der Waals surface area contributed by atoms with Crippen LogP contribution in [-0.4, -0.2) is 0 Å². The average Bonchev–Trinajstić information content (AvgIpc) is 2.36. The molecule has 0 spiro atoms. The van der Waals surface area contributed by atoms with Crippen molar-refractivity contribution in [2.75, 3.05) is 0 Å². The van der Waals surface area contributed by atoms with Gasteiger partial charge < -0.3 is 0 Å². The topological polar surface area (TPSA) is 0 Å². The van der Waals surface area contributed by atoms with Crippen LogP contribution in [0.25, 0.3) is 10.8 Å². The molecule has 2 aromatic carbocycles. The van der Waals surface area contributed by atoms with Crippen LogP contribution < -0.4 is 0 Å². The molecule has 0 saturated carbocycles. The Morgan fingerprint density at radius 1 is 0.882 bits per heavy atom. The van der Waals surface area contributed by atoms with Crippen LogP contribution in [0.3, 0.4) is 0 Å². The highest BCUT2D eigenvalue weighted by molar-refractivity contribution is 6.35. The van der Waals surface area contributed by atoms with Gasteiger partial charge in [-0.2, -0.15) is 0 Å². The first-order chi connectivity index (χ1) is 8.33. The molecule has 0 heterocycles. The highest BCUT2D eigenvalue weighted by Gasteiger charge is 2.03. The van der Waals surface area contributed by atoms with Crippen LogP contribution in [0.5, 0.6) is 0 Å². The fourth-order valence-electron chi connectivity index (χ4n) is 2.22. The van der Waals surface area contributed by atoms with Gasteiger partial charge in [0.1, 0.15) is 0 Å². The van der Waals surface area contributed by atoms with E-state index in [9.17, 15) is 0 Å². The van der Waals surface area contributed by atoms with Crippen molar-refractivity contribution in [2.24, 2.45) is 0 Å². The Hall–Kier alpha value is -1.01. The van der Waals surface area contributed by atoms with E-state index in [1.54, 1.807) is 0 Å². The SMILES string of the molecule is [CH2]CCCCCc1cccc2c(Cl)cccc12. The molecule has 0 aliphatic carbocycles. The molecule has 0 aliphatic rings. The first-order valence-corrected chi connectivity index (χ1v) is 6.66. The molecule has 1 heteroatoms. The number of hydrogen-bond acceptors (Lipinski definition) is 0. The maximum Gasteiger partial charge on any atom is 0.0484 e. The van der Waals surface area contributed by atoms with E-state index in [0.717, 1.165) is 17.9 Å². The lowest BCUT2D eigenvalue weighted by Gasteiger charge is -2.07. The van der Waals surface area contributed by atoms with Crippen molar-refractivity contribution in [3.05, 3.63) is 53.9 Å². The number of rotatable bonds is 5. The van der Waals surface area contributed by atoms with Gasteiger partial charge in [0.15, 0.2) is 0 Å². The number of fused-ring (bicyclic) bond motifs is 1. The molecule has 2 aromatic rings. The fraction of sp³-hybridized carbons (Fsp3) is 0.312. The molecule has 0 aromatic heterocycles. The third-order valence-corrected chi connectivity index (χ3v) is 3.48. The lowest BCUT2D eigenvalue weighted by atomic mass is 9.99. The van der Waals surface area contributed by atoms with Gasteiger partial charge in [-0.05, 0) is 29.9 Å². The van der Waals surface area contributed by atoms with Gasteiger partial charge in [-0.3, -0.25) is 0 Å². The predicted octanol–water partition coefficient (Wildman–Crippen LogP) is 5.43. The second kappa shape index (κ2) is 6.07. The maximum atomic E-state index is 6.20. The van der Waals surface area contributed by atoms with Crippen molar-refractivity contribution >= 4 is 22.4 Å². The van der Waals surface area contributed by atoms with Crippen LogP contribution in [0.2, 0.25) is 5.02 Å². The van der Waals surface area contributed by atoms with Crippen molar-refractivity contribution in [1.29, 1.82) is 0 Å². The Bertz CT molecular complexity index is 488. The van der Waals surface area contributed by atoms with Crippen molar-refractivity contribution in [2.45, 2.75) is 32.1 Å². The van der Waals surface area contributed by atoms with Crippen LogP contribution in [0, 0.1) is 6.92 Å². The van der Waals surface area contributed by atoms with Gasteiger partial charge in [0.2, 0.25) is 0 Å². The fourth-order valence-corrected chi connectivity index (χ4v) is 2.46. The van der Waals surface area contributed by atoms with Gasteiger partial charge in [0.05, 0.1) is 0 Å². The maximum absolute atomic E-state index is 6.20. The minimum atomic E-state index is 0.849. The number of benzene rings is 2. The third kappa shape index (κ3) is 3.01. The summed E-state index contributed by atoms with van der Waals surface area (Å²) in [7, 11) is 0. The van der Waals surface area contributed by atoms with Gasteiger partial charge >= 0.3 is 0 Å². The molecule has 2 rings (SSSR count). The van der Waals surface area contributed by atoms with E-state index in [1.165, 1.54) is 35.6 Å². The molecule has 0 nitrogen and oxygen atoms in total. The van der Waals surface area contributed by atoms with Crippen LogP contribution in [-0.2, 0) is 6.42 Å². The van der Waals surface area contributed by atoms with Crippen molar-refractivity contribution in [1.82, 2.24) is 0 Å². The molecule has 0 atom stereocenters. The second-order valence-electron chi connectivity index (χ2n) is 4.42. The molecule has 89 valence electrons. The molecule has 0 amide bonds. The number of aryl methyl sites for hydroxylation is 1. The minimum Gasteiger partial charge on any atom is -0.0837 e. The zero-order valence-electron chi connectivity index (χ0n) is 10.1. The third-order valence-electron chi connectivity index (χ3n) is 3.16. The molecular weight excluding hydrogens is 228 g/mol. The quantitative estimate of drug-likeness (QED) is 0.616. The van der Waals surface area contributed by atoms with Crippen LogP contribution in [0.1, 0.15) is 31.2 Å². The number of halogens is 1. The lowest BCUT2D eigenvalue weighted by molar-refractivity contribution is 0.687. The van der Waals surface area contributed by atoms with Crippen molar-refractivity contribution < 1.29 is 0 Å². The van der Waals surface area contributed by atoms with Gasteiger partial charge in [-0.1, -0.05) is 68.1 Å². The largest absolute Gasteiger partial charge is 0.0837 e. The standard InChI is InChI=1S/C16H18Cl/c1-2-3-4-5-8-13-9-6-11-15-14(13)10-7-12-16(15)17/h6-7,9-12H,1-5,8H2. The number of hydrogen-bond donors (Lipinski definition) is 0. The molecule has 1 radical (unpaired) electrons. The summed E-state index contributed by atoms with van der Waals surface area (Å²) < 4.78 is 0. The summed E-state index contributed by atoms with van der Waals surface area (Å²) in [6, 6.07) is 12.6. The van der Waals surface area contributed by atoms with Gasteiger partial charge in [0, 0.05) is 10.4 Å². The highest BCUT2D eigenvalue weighted by Crippen LogP contribution is 2.26. The lowest BCUT2D eigenvalue weighted by Crippen LogP contribution is -1.88. The Morgan fingerprint density at radius 3 is 2.47 bits per heavy atom. The summed E-state index contributed by atoms with van der Waals surface area (Å²) in [4.78, 5) is 0. The van der Waals surface area contributed by atoms with E-state index in [0.29, 0.717) is 0 Å². The molecule has 0 bridgehead atoms. The number of unbranched alkanes of at least 4 members (excludes halogenated alkanes) is 3. The first-order valence-electron chi connectivity index (χ1n) is 6.28. The molecule has 0 fully saturated rings. The Kier molecular flexibility index (Phi) is 4.44. The Labute approximate surface area is 109 Å². The normalized spacial score (nSPS) is 10.9. The zero-order chi connectivity index (χ0) is 12.1. The van der Waals surface area contributed by atoms with Gasteiger partial charge in [-0.15, -0.1) is 0 Å². The van der Waals surface area contributed by atoms with E-state index in [1.807, 2.05) is 12.1 Å². The highest BCUT2D eigenvalue weighted by atomic mass is 35.5. The monoisotopic (exact) mass is 245 g/mol. The first kappa shape index (κ1) is 12.4. The summed E-state index contributed by atoms with van der Waals surface area (Å²) in [5, 5.41) is 3.32. The summed E-state index contributed by atoms with van der Waals surface area (Å²) in [5.74, 6) is 0. The average molecular weight is 246 g/mol. The minimum absolute atomic E-state index is 0.849. The predicted molar refractivity (Wildman–Crippen MR) is 76.5 cm³/mol. The summed E-state index contributed by atoms with van der Waals surface area (Å²) in [6.07, 6.45) is 5.91. The summed E-state index contributed by atoms with van der Waals surface area (Å²) in [5.41, 5.74) is 1.41. The molecular formula is C16H18Cl. The van der Waals surface area contributed by atoms with E-state index >= 15 is 0 Å². The van der Waals surface area contributed by atoms with E-state index in [4.69, 9.17) is 11.6 Å². The zero-order valence-corrected chi connectivity index (χ0v) is 10.8. The van der Waals surface area contributed by atoms with Gasteiger partial charge in [-0.25, -0.2) is 0 Å². The Morgan fingerprint density at radius 2 is 1.65 bits per heavy atom. The van der Waals surface area contributed by atoms with Crippen molar-refractivity contribution in [3.8, 4) is 0 Å². The summed E-state index contributed by atoms with van der Waals surface area (Å²) in [6.45, 7) is 3.87. The van der Waals surface area contributed by atoms with Crippen LogP contribution in [0.15, 0.2) is 36.4 Å². The van der Waals surface area contributed by atoms with E-state index in [2.05, 4.69) is 31.2 Å². The van der Waals surface area contributed by atoms with Gasteiger partial charge in [0.25, 0.3) is 0 Å². The second-order valence-corrected chi connectivity index (χ2v) is 4.82. The molecule has 0 saturated heterocycles.